The van der Waals surface area contributed by atoms with Gasteiger partial charge >= 0.3 is 0 Å². The molecule has 1 rings (SSSR count). The van der Waals surface area contributed by atoms with E-state index in [-0.39, 0.29) is 5.91 Å². The average molecular weight is 298 g/mol. The third kappa shape index (κ3) is 5.04. The second-order valence-corrected chi connectivity index (χ2v) is 4.42. The Morgan fingerprint density at radius 3 is 2.94 bits per heavy atom. The molecule has 1 aromatic carbocycles. The van der Waals surface area contributed by atoms with E-state index in [1.54, 1.807) is 7.11 Å². The molecule has 92 valence electrons. The van der Waals surface area contributed by atoms with E-state index in [0.717, 1.165) is 22.2 Å². The molecule has 0 bridgehead atoms. The van der Waals surface area contributed by atoms with Crippen molar-refractivity contribution in [1.29, 1.82) is 0 Å². The Bertz CT molecular complexity index is 416. The van der Waals surface area contributed by atoms with Crippen molar-refractivity contribution >= 4 is 27.9 Å². The van der Waals surface area contributed by atoms with E-state index in [1.165, 1.54) is 6.92 Å². The van der Waals surface area contributed by atoms with E-state index < -0.39 is 0 Å². The van der Waals surface area contributed by atoms with Crippen LogP contribution in [-0.2, 0) is 4.79 Å². The van der Waals surface area contributed by atoms with Gasteiger partial charge in [-0.25, -0.2) is 0 Å². The summed E-state index contributed by atoms with van der Waals surface area (Å²) in [5.41, 5.74) is 1.08. The number of ether oxygens (including phenoxy) is 1. The van der Waals surface area contributed by atoms with Crippen LogP contribution in [0.4, 0.5) is 0 Å². The molecule has 0 saturated carbocycles. The number of benzene rings is 1. The number of hydrogen-bond donors (Lipinski definition) is 1. The van der Waals surface area contributed by atoms with Crippen molar-refractivity contribution in [2.45, 2.75) is 13.3 Å². The monoisotopic (exact) mass is 297 g/mol. The maximum atomic E-state index is 10.6. The second-order valence-electron chi connectivity index (χ2n) is 3.57. The molecular formula is C13H16BrNO2. The lowest BCUT2D eigenvalue weighted by Crippen LogP contribution is -2.20. The summed E-state index contributed by atoms with van der Waals surface area (Å²) in [5.74, 6) is 0.817. The zero-order chi connectivity index (χ0) is 12.7. The predicted octanol–water partition coefficient (Wildman–Crippen LogP) is 3.00. The lowest BCUT2D eigenvalue weighted by molar-refractivity contribution is -0.118. The van der Waals surface area contributed by atoms with Crippen molar-refractivity contribution in [3.8, 4) is 5.75 Å². The molecule has 4 heteroatoms. The van der Waals surface area contributed by atoms with E-state index in [9.17, 15) is 4.79 Å². The van der Waals surface area contributed by atoms with E-state index in [2.05, 4.69) is 21.2 Å². The van der Waals surface area contributed by atoms with Crippen LogP contribution < -0.4 is 10.1 Å². The molecule has 17 heavy (non-hydrogen) atoms. The molecule has 3 nitrogen and oxygen atoms in total. The van der Waals surface area contributed by atoms with Crippen molar-refractivity contribution in [1.82, 2.24) is 5.32 Å². The van der Waals surface area contributed by atoms with Gasteiger partial charge in [0, 0.05) is 13.5 Å². The molecule has 0 unspecified atom stereocenters. The summed E-state index contributed by atoms with van der Waals surface area (Å²) in [6, 6.07) is 5.91. The fraction of sp³-hybridized carbons (Fsp3) is 0.308. The molecule has 0 atom stereocenters. The average Bonchev–Trinajstić information content (AvgIpc) is 2.30. The fourth-order valence-electron chi connectivity index (χ4n) is 1.33. The number of carbonyl (C=O) groups is 1. The van der Waals surface area contributed by atoms with E-state index in [1.807, 2.05) is 30.4 Å². The third-order valence-electron chi connectivity index (χ3n) is 2.17. The number of carbonyl (C=O) groups excluding carboxylic acids is 1. The Balaban J connectivity index is 2.50. The quantitative estimate of drug-likeness (QED) is 0.849. The molecule has 0 saturated heterocycles. The highest BCUT2D eigenvalue weighted by atomic mass is 79.9. The Kier molecular flexibility index (Phi) is 5.77. The lowest BCUT2D eigenvalue weighted by atomic mass is 10.2. The topological polar surface area (TPSA) is 38.3 Å². The van der Waals surface area contributed by atoms with Crippen molar-refractivity contribution in [2.75, 3.05) is 13.7 Å². The van der Waals surface area contributed by atoms with E-state index in [0.29, 0.717) is 6.54 Å². The van der Waals surface area contributed by atoms with Gasteiger partial charge < -0.3 is 10.1 Å². The van der Waals surface area contributed by atoms with E-state index >= 15 is 0 Å². The molecule has 0 fully saturated rings. The van der Waals surface area contributed by atoms with Crippen LogP contribution in [0.3, 0.4) is 0 Å². The predicted molar refractivity (Wildman–Crippen MR) is 73.0 cm³/mol. The molecule has 0 spiro atoms. The summed E-state index contributed by atoms with van der Waals surface area (Å²) in [4.78, 5) is 10.6. The smallest absolute Gasteiger partial charge is 0.216 e. The minimum atomic E-state index is 0.00344. The standard InChI is InChI=1S/C13H16BrNO2/c1-10(16)15-8-4-3-5-11-6-7-12(14)13(9-11)17-2/h3,5-7,9H,4,8H2,1-2H3,(H,15,16). The number of hydrogen-bond acceptors (Lipinski definition) is 2. The van der Waals surface area contributed by atoms with Gasteiger partial charge in [0.1, 0.15) is 5.75 Å². The highest BCUT2D eigenvalue weighted by molar-refractivity contribution is 9.10. The maximum absolute atomic E-state index is 10.6. The number of methoxy groups -OCH3 is 1. The lowest BCUT2D eigenvalue weighted by Gasteiger charge is -2.03. The third-order valence-corrected chi connectivity index (χ3v) is 2.83. The van der Waals surface area contributed by atoms with Crippen LogP contribution >= 0.6 is 15.9 Å². The summed E-state index contributed by atoms with van der Waals surface area (Å²) in [6.45, 7) is 2.18. The van der Waals surface area contributed by atoms with Crippen LogP contribution in [-0.4, -0.2) is 19.6 Å². The normalized spacial score (nSPS) is 10.5. The molecule has 0 aliphatic carbocycles. The van der Waals surface area contributed by atoms with Gasteiger partial charge in [-0.05, 0) is 40.0 Å². The molecule has 1 aromatic rings. The molecule has 1 amide bonds. The molecular weight excluding hydrogens is 282 g/mol. The second kappa shape index (κ2) is 7.12. The van der Waals surface area contributed by atoms with Gasteiger partial charge in [0.05, 0.1) is 11.6 Å². The van der Waals surface area contributed by atoms with Crippen LogP contribution in [0.1, 0.15) is 18.9 Å². The van der Waals surface area contributed by atoms with Gasteiger partial charge in [0.2, 0.25) is 5.91 Å². The van der Waals surface area contributed by atoms with Gasteiger partial charge in [-0.3, -0.25) is 4.79 Å². The first-order chi connectivity index (χ1) is 8.13. The van der Waals surface area contributed by atoms with Crippen molar-refractivity contribution in [3.05, 3.63) is 34.3 Å². The molecule has 0 aliphatic heterocycles. The van der Waals surface area contributed by atoms with Gasteiger partial charge in [-0.2, -0.15) is 0 Å². The first-order valence-electron chi connectivity index (χ1n) is 5.38. The number of halogens is 1. The first kappa shape index (κ1) is 13.8. The highest BCUT2D eigenvalue weighted by Crippen LogP contribution is 2.25. The summed E-state index contributed by atoms with van der Waals surface area (Å²) in [6.07, 6.45) is 4.85. The molecule has 0 aliphatic rings. The Morgan fingerprint density at radius 1 is 1.53 bits per heavy atom. The zero-order valence-electron chi connectivity index (χ0n) is 10.00. The van der Waals surface area contributed by atoms with Gasteiger partial charge in [0.25, 0.3) is 0 Å². The van der Waals surface area contributed by atoms with Crippen LogP contribution in [0.25, 0.3) is 6.08 Å². The molecule has 1 N–H and O–H groups in total. The van der Waals surface area contributed by atoms with Crippen molar-refractivity contribution < 1.29 is 9.53 Å². The number of nitrogens with one attached hydrogen (secondary N) is 1. The van der Waals surface area contributed by atoms with Gasteiger partial charge in [-0.1, -0.05) is 18.2 Å². The highest BCUT2D eigenvalue weighted by Gasteiger charge is 1.98. The maximum Gasteiger partial charge on any atom is 0.216 e. The van der Waals surface area contributed by atoms with Gasteiger partial charge in [-0.15, -0.1) is 0 Å². The minimum absolute atomic E-state index is 0.00344. The minimum Gasteiger partial charge on any atom is -0.496 e. The van der Waals surface area contributed by atoms with Crippen LogP contribution in [0.2, 0.25) is 0 Å². The van der Waals surface area contributed by atoms with Gasteiger partial charge in [0.15, 0.2) is 0 Å². The summed E-state index contributed by atoms with van der Waals surface area (Å²) < 4.78 is 6.15. The summed E-state index contributed by atoms with van der Waals surface area (Å²) in [5, 5.41) is 2.74. The number of rotatable bonds is 5. The fourth-order valence-corrected chi connectivity index (χ4v) is 1.74. The van der Waals surface area contributed by atoms with E-state index in [4.69, 9.17) is 4.74 Å². The van der Waals surface area contributed by atoms with Crippen LogP contribution in [0.5, 0.6) is 5.75 Å². The van der Waals surface area contributed by atoms with Crippen LogP contribution in [0.15, 0.2) is 28.7 Å². The van der Waals surface area contributed by atoms with Crippen molar-refractivity contribution in [2.24, 2.45) is 0 Å². The van der Waals surface area contributed by atoms with Crippen molar-refractivity contribution in [3.63, 3.8) is 0 Å². The number of amides is 1. The first-order valence-corrected chi connectivity index (χ1v) is 6.17. The Morgan fingerprint density at radius 2 is 2.29 bits per heavy atom. The molecule has 0 radical (unpaired) electrons. The largest absolute Gasteiger partial charge is 0.496 e. The summed E-state index contributed by atoms with van der Waals surface area (Å²) in [7, 11) is 1.64. The zero-order valence-corrected chi connectivity index (χ0v) is 11.6. The SMILES string of the molecule is COc1cc(C=CCCNC(C)=O)ccc1Br. The van der Waals surface area contributed by atoms with Crippen LogP contribution in [0, 0.1) is 0 Å². The molecule has 0 heterocycles. The Hall–Kier alpha value is -1.29. The molecule has 0 aromatic heterocycles. The Labute approximate surface area is 110 Å². The summed E-state index contributed by atoms with van der Waals surface area (Å²) >= 11 is 3.40.